The van der Waals surface area contributed by atoms with Gasteiger partial charge in [-0.05, 0) is 55.7 Å². The van der Waals surface area contributed by atoms with Crippen molar-refractivity contribution < 1.29 is 66.1 Å². The summed E-state index contributed by atoms with van der Waals surface area (Å²) in [5.74, 6) is 0.925. The molecular formula is C26H36KN3O3. The normalized spacial score (nSPS) is 30.7. The zero-order valence-electron chi connectivity index (χ0n) is 19.9. The van der Waals surface area contributed by atoms with Crippen LogP contribution in [0.1, 0.15) is 87.4 Å². The van der Waals surface area contributed by atoms with Gasteiger partial charge in [-0.1, -0.05) is 69.2 Å². The van der Waals surface area contributed by atoms with Gasteiger partial charge in [-0.2, -0.15) is 0 Å². The smallest absolute Gasteiger partial charge is 0.478 e. The van der Waals surface area contributed by atoms with Crippen molar-refractivity contribution >= 4 is 23.8 Å². The second-order valence-electron chi connectivity index (χ2n) is 9.99. The number of carbonyl (C=O) groups excluding carboxylic acids is 1. The van der Waals surface area contributed by atoms with E-state index in [2.05, 4.69) is 15.6 Å². The number of rotatable bonds is 3. The van der Waals surface area contributed by atoms with Crippen LogP contribution in [-0.2, 0) is 4.79 Å². The fourth-order valence-corrected chi connectivity index (χ4v) is 6.07. The van der Waals surface area contributed by atoms with Crippen molar-refractivity contribution in [2.24, 2.45) is 16.8 Å². The second-order valence-corrected chi connectivity index (χ2v) is 9.99. The van der Waals surface area contributed by atoms with Crippen molar-refractivity contribution in [3.8, 4) is 0 Å². The molecule has 2 unspecified atom stereocenters. The predicted molar refractivity (Wildman–Crippen MR) is 127 cm³/mol. The molecule has 0 spiro atoms. The molecule has 2 aliphatic heterocycles. The molecule has 174 valence electrons. The molecule has 5 rings (SSSR count). The number of carboxylic acid groups (broad SMARTS) is 1. The second kappa shape index (κ2) is 13.5. The first-order chi connectivity index (χ1) is 15.6. The third kappa shape index (κ3) is 7.97. The zero-order chi connectivity index (χ0) is 22.3. The van der Waals surface area contributed by atoms with Gasteiger partial charge in [0.25, 0.3) is 0 Å². The number of aliphatic carboxylic acids is 1. The van der Waals surface area contributed by atoms with Crippen LogP contribution in [0, 0.1) is 11.8 Å². The van der Waals surface area contributed by atoms with Crippen LogP contribution in [0.2, 0.25) is 0 Å². The van der Waals surface area contributed by atoms with Gasteiger partial charge in [0.2, 0.25) is 0 Å². The van der Waals surface area contributed by atoms with Gasteiger partial charge in [-0.15, -0.1) is 0 Å². The van der Waals surface area contributed by atoms with Crippen LogP contribution in [0.5, 0.6) is 0 Å². The first-order valence-electron chi connectivity index (χ1n) is 12.4. The molecule has 1 aromatic rings. The van der Waals surface area contributed by atoms with Crippen molar-refractivity contribution in [2.75, 3.05) is 0 Å². The molecule has 2 saturated heterocycles. The maximum atomic E-state index is 11.5. The molecule has 4 aliphatic rings. The van der Waals surface area contributed by atoms with Crippen LogP contribution < -0.4 is 56.7 Å². The Morgan fingerprint density at radius 1 is 0.939 bits per heavy atom. The van der Waals surface area contributed by atoms with E-state index >= 15 is 0 Å². The monoisotopic (exact) mass is 477 g/mol. The van der Waals surface area contributed by atoms with Gasteiger partial charge < -0.3 is 20.7 Å². The summed E-state index contributed by atoms with van der Waals surface area (Å²) in [5.41, 5.74) is 0.710. The minimum Gasteiger partial charge on any atom is -0.478 e. The van der Waals surface area contributed by atoms with E-state index in [1.807, 2.05) is 0 Å². The molecule has 0 radical (unpaired) electrons. The topological polar surface area (TPSA) is 92.9 Å². The van der Waals surface area contributed by atoms with Gasteiger partial charge in [0, 0.05) is 23.5 Å². The number of benzene rings is 1. The molecule has 2 N–H and O–H groups in total. The van der Waals surface area contributed by atoms with Crippen LogP contribution in [0.3, 0.4) is 0 Å². The predicted octanol–water partition coefficient (Wildman–Crippen LogP) is 2.64. The molecule has 2 saturated carbocycles. The first-order valence-corrected chi connectivity index (χ1v) is 12.4. The Balaban J connectivity index is 0.000000255. The molecule has 6 nitrogen and oxygen atoms in total. The van der Waals surface area contributed by atoms with E-state index in [-0.39, 0.29) is 63.3 Å². The number of nitrogens with zero attached hydrogens (tertiary/aromatic N) is 2. The number of carbonyl (C=O) groups is 2. The molecule has 4 fully saturated rings. The van der Waals surface area contributed by atoms with Crippen molar-refractivity contribution in [1.82, 2.24) is 5.32 Å². The summed E-state index contributed by atoms with van der Waals surface area (Å²) in [6, 6.07) is 7.50. The molecule has 2 aliphatic carbocycles. The number of para-hydroxylation sites is 1. The summed E-state index contributed by atoms with van der Waals surface area (Å²) in [6.07, 6.45) is 16.7. The Morgan fingerprint density at radius 2 is 1.52 bits per heavy atom. The minimum atomic E-state index is -1.16. The fourth-order valence-electron chi connectivity index (χ4n) is 6.07. The van der Waals surface area contributed by atoms with E-state index in [9.17, 15) is 14.7 Å². The molecule has 0 amide bonds. The van der Waals surface area contributed by atoms with Gasteiger partial charge in [0.05, 0.1) is 0 Å². The fraction of sp³-hybridized carbons (Fsp3) is 0.654. The zero-order valence-corrected chi connectivity index (χ0v) is 23.0. The molecule has 33 heavy (non-hydrogen) atoms. The van der Waals surface area contributed by atoms with Gasteiger partial charge in [0.15, 0.2) is 0 Å². The number of carboxylic acids is 1. The summed E-state index contributed by atoms with van der Waals surface area (Å²) < 4.78 is 0. The maximum Gasteiger partial charge on any atom is 1.00 e. The third-order valence-electron chi connectivity index (χ3n) is 7.59. The Labute approximate surface area is 240 Å². The van der Waals surface area contributed by atoms with Crippen LogP contribution >= 0.6 is 0 Å². The SMILES string of the molecule is C1CC2CCCC(C1)C2.O=Cc1ccccc1N=C([N-]C1CC2CCCC(C1)N2)C(=O)O.[K+]. The van der Waals surface area contributed by atoms with Gasteiger partial charge in [-0.3, -0.25) is 4.79 Å². The quantitative estimate of drug-likeness (QED) is 0.303. The summed E-state index contributed by atoms with van der Waals surface area (Å²) in [4.78, 5) is 26.7. The number of aliphatic imine (C=N–C) groups is 1. The number of hydrogen-bond donors (Lipinski definition) is 2. The number of hydrogen-bond acceptors (Lipinski definition) is 4. The number of aldehydes is 1. The van der Waals surface area contributed by atoms with Crippen molar-refractivity contribution in [2.45, 2.75) is 95.2 Å². The van der Waals surface area contributed by atoms with E-state index in [0.717, 1.165) is 37.5 Å². The molecule has 4 bridgehead atoms. The average Bonchev–Trinajstić information content (AvgIpc) is 2.79. The number of nitrogens with one attached hydrogen (secondary N) is 1. The minimum absolute atomic E-state index is 0. The van der Waals surface area contributed by atoms with E-state index in [1.165, 1.54) is 19.3 Å². The Kier molecular flexibility index (Phi) is 11.1. The largest absolute Gasteiger partial charge is 1.00 e. The van der Waals surface area contributed by atoms with Crippen molar-refractivity contribution in [1.29, 1.82) is 0 Å². The molecule has 0 aromatic heterocycles. The molecule has 1 aromatic carbocycles. The van der Waals surface area contributed by atoms with Crippen LogP contribution in [0.4, 0.5) is 5.69 Å². The maximum absolute atomic E-state index is 11.5. The van der Waals surface area contributed by atoms with E-state index < -0.39 is 5.97 Å². The average molecular weight is 478 g/mol. The Bertz CT molecular complexity index is 799. The standard InChI is InChI=1S/C17H21N3O3.C9H16.K/c21-10-11-4-1-2-7-15(11)20-16(17(22)23)19-14-8-12-5-3-6-13(9-14)18-12;1-3-8-5-2-6-9(4-1)7-8;/h1-2,4,7,10,12-14,18H,3,5-6,8-9H2,(H2,19,20,21,22,23);8-9H,1-7H2;/q;;+1/p-1. The van der Waals surface area contributed by atoms with E-state index in [0.29, 0.717) is 29.6 Å². The van der Waals surface area contributed by atoms with Crippen LogP contribution in [0.25, 0.3) is 5.32 Å². The Hall–Kier alpha value is -0.574. The molecule has 7 heteroatoms. The first kappa shape index (κ1) is 27.0. The van der Waals surface area contributed by atoms with Gasteiger partial charge in [0.1, 0.15) is 6.29 Å². The summed E-state index contributed by atoms with van der Waals surface area (Å²) in [7, 11) is 0. The van der Waals surface area contributed by atoms with Crippen molar-refractivity contribution in [3.63, 3.8) is 0 Å². The van der Waals surface area contributed by atoms with E-state index in [1.54, 1.807) is 56.4 Å². The summed E-state index contributed by atoms with van der Waals surface area (Å²) >= 11 is 0. The number of piperidine rings is 2. The van der Waals surface area contributed by atoms with Crippen LogP contribution in [0.15, 0.2) is 29.3 Å². The molecule has 2 heterocycles. The van der Waals surface area contributed by atoms with Gasteiger partial charge >= 0.3 is 57.4 Å². The molecule has 2 atom stereocenters. The van der Waals surface area contributed by atoms with Crippen LogP contribution in [-0.4, -0.2) is 41.3 Å². The number of amidine groups is 1. The van der Waals surface area contributed by atoms with Crippen molar-refractivity contribution in [3.05, 3.63) is 35.1 Å². The van der Waals surface area contributed by atoms with Gasteiger partial charge in [-0.25, -0.2) is 4.79 Å². The third-order valence-corrected chi connectivity index (χ3v) is 7.59. The number of fused-ring (bicyclic) bond motifs is 4. The van der Waals surface area contributed by atoms with E-state index in [4.69, 9.17) is 0 Å². The summed E-state index contributed by atoms with van der Waals surface area (Å²) in [5, 5.41) is 17.3. The Morgan fingerprint density at radius 3 is 2.06 bits per heavy atom. The molecular weight excluding hydrogens is 441 g/mol. The summed E-state index contributed by atoms with van der Waals surface area (Å²) in [6.45, 7) is 0.